The summed E-state index contributed by atoms with van der Waals surface area (Å²) in [4.78, 5) is 21.2. The summed E-state index contributed by atoms with van der Waals surface area (Å²) in [6.07, 6.45) is 0.392. The monoisotopic (exact) mass is 306 g/mol. The molecule has 0 aliphatic rings. The Balaban J connectivity index is 1.88. The highest BCUT2D eigenvalue weighted by Crippen LogP contribution is 2.22. The standard InChI is InChI=1S/C14H14N2O4S/c17-9-15-12(14(18)19)8-21-7-11-6-13(20-16-11)10-4-2-1-3-5-10/h1-6,9,12H,7-8H2,(H,15,17)(H,18,19). The lowest BCUT2D eigenvalue weighted by atomic mass is 10.2. The fourth-order valence-electron chi connectivity index (χ4n) is 1.67. The van der Waals surface area contributed by atoms with Gasteiger partial charge in [0.25, 0.3) is 0 Å². The second-order valence-corrected chi connectivity index (χ2v) is 5.27. The van der Waals surface area contributed by atoms with Gasteiger partial charge in [-0.2, -0.15) is 11.8 Å². The average molecular weight is 306 g/mol. The number of carbonyl (C=O) groups is 2. The molecule has 6 nitrogen and oxygen atoms in total. The SMILES string of the molecule is O=CNC(CSCc1cc(-c2ccccc2)on1)C(=O)O. The van der Waals surface area contributed by atoms with Gasteiger partial charge in [-0.25, -0.2) is 4.79 Å². The van der Waals surface area contributed by atoms with Gasteiger partial charge in [-0.3, -0.25) is 4.79 Å². The second kappa shape index (κ2) is 7.49. The van der Waals surface area contributed by atoms with Gasteiger partial charge in [-0.05, 0) is 0 Å². The molecule has 1 unspecified atom stereocenters. The van der Waals surface area contributed by atoms with Crippen LogP contribution in [0.3, 0.4) is 0 Å². The minimum absolute atomic E-state index is 0.265. The Morgan fingerprint density at radius 3 is 2.86 bits per heavy atom. The Kier molecular flexibility index (Phi) is 5.39. The number of hydrogen-bond acceptors (Lipinski definition) is 5. The first-order valence-corrected chi connectivity index (χ1v) is 7.37. The van der Waals surface area contributed by atoms with E-state index in [9.17, 15) is 9.59 Å². The minimum Gasteiger partial charge on any atom is -0.480 e. The Morgan fingerprint density at radius 2 is 2.19 bits per heavy atom. The van der Waals surface area contributed by atoms with Gasteiger partial charge in [0.05, 0.1) is 5.69 Å². The number of carboxylic acids is 1. The molecule has 2 N–H and O–H groups in total. The number of carboxylic acid groups (broad SMARTS) is 1. The predicted octanol–water partition coefficient (Wildman–Crippen LogP) is 1.77. The van der Waals surface area contributed by atoms with Crippen molar-refractivity contribution in [2.45, 2.75) is 11.8 Å². The van der Waals surface area contributed by atoms with Crippen LogP contribution in [0, 0.1) is 0 Å². The van der Waals surface area contributed by atoms with E-state index in [1.54, 1.807) is 0 Å². The molecule has 0 saturated carbocycles. The van der Waals surface area contributed by atoms with Crippen molar-refractivity contribution in [2.24, 2.45) is 0 Å². The largest absolute Gasteiger partial charge is 0.480 e. The third-order valence-electron chi connectivity index (χ3n) is 2.72. The molecule has 0 bridgehead atoms. The van der Waals surface area contributed by atoms with Crippen LogP contribution in [0.25, 0.3) is 11.3 Å². The molecule has 21 heavy (non-hydrogen) atoms. The first-order valence-electron chi connectivity index (χ1n) is 6.22. The van der Waals surface area contributed by atoms with E-state index < -0.39 is 12.0 Å². The van der Waals surface area contributed by atoms with E-state index in [1.807, 2.05) is 36.4 Å². The Morgan fingerprint density at radius 1 is 1.43 bits per heavy atom. The molecule has 1 amide bonds. The van der Waals surface area contributed by atoms with Crippen LogP contribution in [0.1, 0.15) is 5.69 Å². The van der Waals surface area contributed by atoms with Crippen molar-refractivity contribution in [2.75, 3.05) is 5.75 Å². The number of amides is 1. The Labute approximate surface area is 125 Å². The second-order valence-electron chi connectivity index (χ2n) is 4.24. The van der Waals surface area contributed by atoms with Crippen molar-refractivity contribution in [3.63, 3.8) is 0 Å². The highest BCUT2D eigenvalue weighted by Gasteiger charge is 2.16. The number of nitrogens with one attached hydrogen (secondary N) is 1. The van der Waals surface area contributed by atoms with Crippen molar-refractivity contribution in [1.29, 1.82) is 0 Å². The van der Waals surface area contributed by atoms with E-state index in [0.717, 1.165) is 11.3 Å². The number of carbonyl (C=O) groups excluding carboxylic acids is 1. The van der Waals surface area contributed by atoms with Gasteiger partial charge in [-0.1, -0.05) is 35.5 Å². The molecule has 1 atom stereocenters. The molecule has 2 aromatic rings. The fourth-order valence-corrected chi connectivity index (χ4v) is 2.61. The zero-order valence-corrected chi connectivity index (χ0v) is 11.9. The maximum absolute atomic E-state index is 10.9. The molecule has 0 fully saturated rings. The number of benzene rings is 1. The smallest absolute Gasteiger partial charge is 0.327 e. The maximum Gasteiger partial charge on any atom is 0.327 e. The molecule has 0 aliphatic carbocycles. The lowest BCUT2D eigenvalue weighted by molar-refractivity contribution is -0.139. The van der Waals surface area contributed by atoms with Crippen LogP contribution in [-0.4, -0.2) is 34.4 Å². The van der Waals surface area contributed by atoms with Crippen LogP contribution < -0.4 is 5.32 Å². The number of aromatic nitrogens is 1. The third kappa shape index (κ3) is 4.35. The van der Waals surface area contributed by atoms with E-state index >= 15 is 0 Å². The van der Waals surface area contributed by atoms with Gasteiger partial charge in [0.2, 0.25) is 6.41 Å². The first-order chi connectivity index (χ1) is 10.2. The summed E-state index contributed by atoms with van der Waals surface area (Å²) >= 11 is 1.37. The molecule has 7 heteroatoms. The molecule has 0 radical (unpaired) electrons. The number of nitrogens with zero attached hydrogens (tertiary/aromatic N) is 1. The van der Waals surface area contributed by atoms with Crippen LogP contribution in [0.4, 0.5) is 0 Å². The van der Waals surface area contributed by atoms with Crippen molar-refractivity contribution < 1.29 is 19.2 Å². The van der Waals surface area contributed by atoms with Crippen LogP contribution >= 0.6 is 11.8 Å². The molecule has 1 aromatic carbocycles. The highest BCUT2D eigenvalue weighted by molar-refractivity contribution is 7.98. The number of thioether (sulfide) groups is 1. The van der Waals surface area contributed by atoms with Gasteiger partial charge < -0.3 is 14.9 Å². The Bertz CT molecular complexity index is 600. The van der Waals surface area contributed by atoms with Gasteiger partial charge in [0.15, 0.2) is 5.76 Å². The van der Waals surface area contributed by atoms with Crippen LogP contribution in [-0.2, 0) is 15.3 Å². The Hall–Kier alpha value is -2.28. The summed E-state index contributed by atoms with van der Waals surface area (Å²) in [5.41, 5.74) is 1.67. The molecule has 1 aromatic heterocycles. The number of rotatable bonds is 8. The summed E-state index contributed by atoms with van der Waals surface area (Å²) in [7, 11) is 0. The zero-order valence-electron chi connectivity index (χ0n) is 11.1. The first kappa shape index (κ1) is 15.1. The normalized spacial score (nSPS) is 11.8. The number of aliphatic carboxylic acids is 1. The summed E-state index contributed by atoms with van der Waals surface area (Å²) in [6, 6.07) is 10.5. The quantitative estimate of drug-likeness (QED) is 0.722. The van der Waals surface area contributed by atoms with E-state index in [0.29, 0.717) is 17.9 Å². The molecule has 2 rings (SSSR count). The molecule has 110 valence electrons. The van der Waals surface area contributed by atoms with Crippen molar-refractivity contribution in [3.05, 3.63) is 42.1 Å². The molecular weight excluding hydrogens is 292 g/mol. The summed E-state index contributed by atoms with van der Waals surface area (Å²) < 4.78 is 5.25. The topological polar surface area (TPSA) is 92.4 Å². The van der Waals surface area contributed by atoms with Gasteiger partial charge in [0.1, 0.15) is 6.04 Å². The highest BCUT2D eigenvalue weighted by atomic mass is 32.2. The van der Waals surface area contributed by atoms with E-state index in [2.05, 4.69) is 10.5 Å². The van der Waals surface area contributed by atoms with Crippen molar-refractivity contribution >= 4 is 24.1 Å². The van der Waals surface area contributed by atoms with Crippen LogP contribution in [0.2, 0.25) is 0 Å². The van der Waals surface area contributed by atoms with Crippen molar-refractivity contribution in [3.8, 4) is 11.3 Å². The van der Waals surface area contributed by atoms with Crippen molar-refractivity contribution in [1.82, 2.24) is 10.5 Å². The van der Waals surface area contributed by atoms with Crippen LogP contribution in [0.5, 0.6) is 0 Å². The van der Waals surface area contributed by atoms with Crippen LogP contribution in [0.15, 0.2) is 40.9 Å². The molecule has 0 saturated heterocycles. The molecule has 0 spiro atoms. The molecule has 0 aliphatic heterocycles. The molecule has 1 heterocycles. The fraction of sp³-hybridized carbons (Fsp3) is 0.214. The predicted molar refractivity (Wildman–Crippen MR) is 78.7 cm³/mol. The number of hydrogen-bond donors (Lipinski definition) is 2. The van der Waals surface area contributed by atoms with Gasteiger partial charge in [-0.15, -0.1) is 0 Å². The van der Waals surface area contributed by atoms with E-state index in [4.69, 9.17) is 9.63 Å². The van der Waals surface area contributed by atoms with E-state index in [-0.39, 0.29) is 5.75 Å². The lowest BCUT2D eigenvalue weighted by Crippen LogP contribution is -2.37. The zero-order chi connectivity index (χ0) is 15.1. The minimum atomic E-state index is -1.06. The summed E-state index contributed by atoms with van der Waals surface area (Å²) in [5.74, 6) is 0.397. The van der Waals surface area contributed by atoms with Gasteiger partial charge >= 0.3 is 5.97 Å². The lowest BCUT2D eigenvalue weighted by Gasteiger charge is -2.09. The van der Waals surface area contributed by atoms with E-state index in [1.165, 1.54) is 11.8 Å². The average Bonchev–Trinajstić information content (AvgIpc) is 2.96. The third-order valence-corrected chi connectivity index (χ3v) is 3.79. The van der Waals surface area contributed by atoms with Gasteiger partial charge in [0, 0.05) is 23.1 Å². The summed E-state index contributed by atoms with van der Waals surface area (Å²) in [6.45, 7) is 0. The molecular formula is C14H14N2O4S. The summed E-state index contributed by atoms with van der Waals surface area (Å²) in [5, 5.41) is 15.1. The maximum atomic E-state index is 10.9.